The van der Waals surface area contributed by atoms with E-state index < -0.39 is 18.6 Å². The van der Waals surface area contributed by atoms with E-state index in [1.54, 1.807) is 24.3 Å². The normalized spacial score (nSPS) is 15.2. The van der Waals surface area contributed by atoms with E-state index in [0.29, 0.717) is 30.2 Å². The molecule has 0 aromatic heterocycles. The zero-order valence-corrected chi connectivity index (χ0v) is 20.8. The Hall–Kier alpha value is -4.30. The molecule has 4 rings (SSSR count). The molecule has 1 fully saturated rings. The van der Waals surface area contributed by atoms with Crippen molar-refractivity contribution in [3.63, 3.8) is 0 Å². The molecule has 0 N–H and O–H groups in total. The minimum Gasteiger partial charge on any atom is -0.494 e. The van der Waals surface area contributed by atoms with E-state index in [0.717, 1.165) is 10.5 Å². The van der Waals surface area contributed by atoms with E-state index in [-0.39, 0.29) is 29.6 Å². The van der Waals surface area contributed by atoms with Crippen molar-refractivity contribution in [2.75, 3.05) is 25.2 Å². The summed E-state index contributed by atoms with van der Waals surface area (Å²) in [6.07, 6.45) is 0.0830. The number of carbonyl (C=O) groups excluding carboxylic acids is 4. The van der Waals surface area contributed by atoms with Crippen LogP contribution in [0.15, 0.2) is 78.9 Å². The first-order chi connectivity index (χ1) is 17.9. The number of nitrogens with zero attached hydrogens (tertiary/aromatic N) is 2. The highest BCUT2D eigenvalue weighted by atomic mass is 16.5. The van der Waals surface area contributed by atoms with Crippen LogP contribution in [0.5, 0.6) is 5.75 Å². The molecule has 8 heteroatoms. The van der Waals surface area contributed by atoms with Crippen LogP contribution in [0.2, 0.25) is 0 Å². The Morgan fingerprint density at radius 1 is 0.919 bits per heavy atom. The van der Waals surface area contributed by atoms with E-state index >= 15 is 0 Å². The van der Waals surface area contributed by atoms with E-state index in [9.17, 15) is 19.2 Å². The summed E-state index contributed by atoms with van der Waals surface area (Å²) in [5, 5.41) is 0. The zero-order valence-electron chi connectivity index (χ0n) is 20.8. The quantitative estimate of drug-likeness (QED) is 0.237. The maximum atomic E-state index is 13.1. The molecule has 2 amide bonds. The van der Waals surface area contributed by atoms with Crippen molar-refractivity contribution in [2.24, 2.45) is 0 Å². The van der Waals surface area contributed by atoms with Gasteiger partial charge in [-0.2, -0.15) is 0 Å². The summed E-state index contributed by atoms with van der Waals surface area (Å²) >= 11 is 0. The van der Waals surface area contributed by atoms with Crippen molar-refractivity contribution >= 4 is 29.3 Å². The van der Waals surface area contributed by atoms with Crippen molar-refractivity contribution in [2.45, 2.75) is 25.9 Å². The maximum Gasteiger partial charge on any atom is 0.338 e. The third-order valence-corrected chi connectivity index (χ3v) is 6.11. The fourth-order valence-corrected chi connectivity index (χ4v) is 4.16. The van der Waals surface area contributed by atoms with Gasteiger partial charge < -0.3 is 9.47 Å². The second-order valence-corrected chi connectivity index (χ2v) is 8.69. The van der Waals surface area contributed by atoms with Gasteiger partial charge in [-0.15, -0.1) is 0 Å². The number of imide groups is 1. The van der Waals surface area contributed by atoms with Crippen molar-refractivity contribution in [3.05, 3.63) is 95.6 Å². The van der Waals surface area contributed by atoms with Crippen LogP contribution < -0.4 is 9.64 Å². The van der Waals surface area contributed by atoms with Crippen molar-refractivity contribution in [1.82, 2.24) is 4.90 Å². The number of hydrogen-bond acceptors (Lipinski definition) is 7. The molecule has 0 spiro atoms. The van der Waals surface area contributed by atoms with Crippen LogP contribution in [0.1, 0.15) is 39.6 Å². The van der Waals surface area contributed by atoms with Crippen LogP contribution in [-0.4, -0.2) is 54.8 Å². The summed E-state index contributed by atoms with van der Waals surface area (Å²) in [5.74, 6) is -0.969. The number of rotatable bonds is 10. The minimum absolute atomic E-state index is 0.0830. The Bertz CT molecular complexity index is 1270. The van der Waals surface area contributed by atoms with Gasteiger partial charge >= 0.3 is 5.97 Å². The number of carbonyl (C=O) groups is 4. The number of anilines is 1. The van der Waals surface area contributed by atoms with Crippen molar-refractivity contribution < 1.29 is 28.7 Å². The Labute approximate surface area is 215 Å². The minimum atomic E-state index is -0.676. The zero-order chi connectivity index (χ0) is 26.4. The molecule has 3 aromatic carbocycles. The first-order valence-electron chi connectivity index (χ1n) is 12.0. The van der Waals surface area contributed by atoms with Crippen LogP contribution in [0.3, 0.4) is 0 Å². The van der Waals surface area contributed by atoms with Gasteiger partial charge in [0, 0.05) is 12.1 Å². The highest BCUT2D eigenvalue weighted by Crippen LogP contribution is 2.26. The molecule has 1 aliphatic rings. The predicted octanol–water partition coefficient (Wildman–Crippen LogP) is 3.89. The number of amides is 2. The van der Waals surface area contributed by atoms with Gasteiger partial charge in [-0.3, -0.25) is 19.3 Å². The van der Waals surface area contributed by atoms with Crippen LogP contribution in [0.4, 0.5) is 5.69 Å². The Balaban J connectivity index is 1.34. The van der Waals surface area contributed by atoms with Gasteiger partial charge in [-0.05, 0) is 68.1 Å². The molecule has 1 atom stereocenters. The van der Waals surface area contributed by atoms with Crippen molar-refractivity contribution in [1.29, 1.82) is 0 Å². The number of ether oxygens (including phenoxy) is 2. The molecule has 0 bridgehead atoms. The molecule has 1 heterocycles. The summed E-state index contributed by atoms with van der Waals surface area (Å²) in [7, 11) is 1.82. The highest BCUT2D eigenvalue weighted by Gasteiger charge is 2.41. The smallest absolute Gasteiger partial charge is 0.338 e. The van der Waals surface area contributed by atoms with Crippen LogP contribution in [0.25, 0.3) is 0 Å². The average molecular weight is 501 g/mol. The molecular formula is C29H28N2O6. The van der Waals surface area contributed by atoms with E-state index in [1.807, 2.05) is 49.2 Å². The molecule has 1 unspecified atom stereocenters. The topological polar surface area (TPSA) is 93.2 Å². The molecule has 37 heavy (non-hydrogen) atoms. The van der Waals surface area contributed by atoms with Gasteiger partial charge in [0.2, 0.25) is 5.91 Å². The molecule has 1 aliphatic heterocycles. The lowest BCUT2D eigenvalue weighted by atomic mass is 10.1. The number of Topliss-reactive ketones (excluding diaryl/α,β-unsaturated/α-hetero) is 1. The van der Waals surface area contributed by atoms with Gasteiger partial charge in [0.25, 0.3) is 5.91 Å². The second kappa shape index (κ2) is 11.6. The number of esters is 1. The molecular weight excluding hydrogens is 472 g/mol. The summed E-state index contributed by atoms with van der Waals surface area (Å²) < 4.78 is 10.5. The molecule has 1 saturated heterocycles. The van der Waals surface area contributed by atoms with Gasteiger partial charge in [0.1, 0.15) is 5.75 Å². The lowest BCUT2D eigenvalue weighted by molar-refractivity contribution is -0.122. The third-order valence-electron chi connectivity index (χ3n) is 6.11. The number of hydrogen-bond donors (Lipinski definition) is 0. The summed E-state index contributed by atoms with van der Waals surface area (Å²) in [4.78, 5) is 53.6. The van der Waals surface area contributed by atoms with E-state index in [1.165, 1.54) is 24.3 Å². The van der Waals surface area contributed by atoms with Crippen molar-refractivity contribution in [3.8, 4) is 5.75 Å². The van der Waals surface area contributed by atoms with Crippen LogP contribution in [-0.2, 0) is 20.9 Å². The van der Waals surface area contributed by atoms with Gasteiger partial charge in [-0.1, -0.05) is 30.3 Å². The SMILES string of the molecule is CCOc1ccc(C(=O)COC(=O)c2ccc(N3C(=O)CC(N(C)Cc4ccccc4)C3=O)cc2)cc1. The second-order valence-electron chi connectivity index (χ2n) is 8.69. The van der Waals surface area contributed by atoms with Gasteiger partial charge in [0.15, 0.2) is 12.4 Å². The predicted molar refractivity (Wildman–Crippen MR) is 137 cm³/mol. The summed E-state index contributed by atoms with van der Waals surface area (Å²) in [6, 6.07) is 21.8. The van der Waals surface area contributed by atoms with E-state index in [4.69, 9.17) is 9.47 Å². The molecule has 0 aliphatic carbocycles. The summed E-state index contributed by atoms with van der Waals surface area (Å²) in [5.41, 5.74) is 2.05. The molecule has 0 saturated carbocycles. The van der Waals surface area contributed by atoms with Gasteiger partial charge in [-0.25, -0.2) is 9.69 Å². The monoisotopic (exact) mass is 500 g/mol. The number of ketones is 1. The fraction of sp³-hybridized carbons (Fsp3) is 0.241. The maximum absolute atomic E-state index is 13.1. The molecule has 3 aromatic rings. The van der Waals surface area contributed by atoms with E-state index in [2.05, 4.69) is 0 Å². The number of benzene rings is 3. The third kappa shape index (κ3) is 6.10. The standard InChI is InChI=1S/C29H28N2O6/c1-3-36-24-15-11-21(12-16-24)26(32)19-37-29(35)22-9-13-23(14-10-22)31-27(33)17-25(28(31)34)30(2)18-20-7-5-4-6-8-20/h4-16,25H,3,17-19H2,1-2H3. The largest absolute Gasteiger partial charge is 0.494 e. The molecule has 0 radical (unpaired) electrons. The Morgan fingerprint density at radius 3 is 2.22 bits per heavy atom. The highest BCUT2D eigenvalue weighted by molar-refractivity contribution is 6.22. The van der Waals surface area contributed by atoms with Crippen LogP contribution >= 0.6 is 0 Å². The first kappa shape index (κ1) is 25.8. The lowest BCUT2D eigenvalue weighted by Gasteiger charge is -2.23. The first-order valence-corrected chi connectivity index (χ1v) is 12.0. The fourth-order valence-electron chi connectivity index (χ4n) is 4.16. The number of likely N-dealkylation sites (N-methyl/N-ethyl adjacent to an activating group) is 1. The lowest BCUT2D eigenvalue weighted by Crippen LogP contribution is -2.39. The molecule has 8 nitrogen and oxygen atoms in total. The summed E-state index contributed by atoms with van der Waals surface area (Å²) in [6.45, 7) is 2.52. The van der Waals surface area contributed by atoms with Gasteiger partial charge in [0.05, 0.1) is 30.3 Å². The van der Waals surface area contributed by atoms with Crippen LogP contribution in [0, 0.1) is 0 Å². The molecule has 190 valence electrons. The Kier molecular flexibility index (Phi) is 8.10. The Morgan fingerprint density at radius 2 is 1.57 bits per heavy atom. The average Bonchev–Trinajstić information content (AvgIpc) is 3.22.